The standard InChI is InChI=1S/C22H14Cl2O2/c1-13-10-22(25)26-21-12-20(15-4-8-17(24)9-5-15)19(11-18(13)21)14-2-6-16(23)7-3-14/h2-12H,1H3. The summed E-state index contributed by atoms with van der Waals surface area (Å²) in [5, 5.41) is 2.27. The summed E-state index contributed by atoms with van der Waals surface area (Å²) in [6, 6.07) is 20.8. The molecule has 1 heterocycles. The summed E-state index contributed by atoms with van der Waals surface area (Å²) in [5.41, 5.74) is 5.12. The van der Waals surface area contributed by atoms with Crippen LogP contribution in [0.5, 0.6) is 0 Å². The van der Waals surface area contributed by atoms with Crippen molar-refractivity contribution in [3.8, 4) is 22.3 Å². The highest BCUT2D eigenvalue weighted by Gasteiger charge is 2.13. The number of hydrogen-bond donors (Lipinski definition) is 0. The highest BCUT2D eigenvalue weighted by Crippen LogP contribution is 2.37. The first kappa shape index (κ1) is 16.9. The van der Waals surface area contributed by atoms with Crippen LogP contribution in [0.4, 0.5) is 0 Å². The van der Waals surface area contributed by atoms with Crippen molar-refractivity contribution in [3.63, 3.8) is 0 Å². The zero-order valence-corrected chi connectivity index (χ0v) is 15.4. The Morgan fingerprint density at radius 3 is 1.77 bits per heavy atom. The molecule has 0 aliphatic heterocycles. The number of hydrogen-bond acceptors (Lipinski definition) is 2. The van der Waals surface area contributed by atoms with Gasteiger partial charge >= 0.3 is 5.63 Å². The zero-order chi connectivity index (χ0) is 18.3. The molecule has 0 saturated carbocycles. The number of halogens is 2. The van der Waals surface area contributed by atoms with E-state index < -0.39 is 0 Å². The molecule has 1 aromatic heterocycles. The second-order valence-electron chi connectivity index (χ2n) is 6.16. The first-order chi connectivity index (χ1) is 12.5. The number of aryl methyl sites for hydroxylation is 1. The van der Waals surface area contributed by atoms with Crippen molar-refractivity contribution in [1.29, 1.82) is 0 Å². The molecule has 3 aromatic carbocycles. The molecular weight excluding hydrogens is 367 g/mol. The predicted molar refractivity (Wildman–Crippen MR) is 108 cm³/mol. The Kier molecular flexibility index (Phi) is 4.31. The van der Waals surface area contributed by atoms with Gasteiger partial charge < -0.3 is 4.42 Å². The Balaban J connectivity index is 2.06. The van der Waals surface area contributed by atoms with Gasteiger partial charge in [-0.2, -0.15) is 0 Å². The van der Waals surface area contributed by atoms with E-state index in [-0.39, 0.29) is 5.63 Å². The molecule has 0 amide bonds. The highest BCUT2D eigenvalue weighted by molar-refractivity contribution is 6.31. The van der Waals surface area contributed by atoms with Crippen LogP contribution in [0.15, 0.2) is 75.9 Å². The lowest BCUT2D eigenvalue weighted by Crippen LogP contribution is -1.98. The Morgan fingerprint density at radius 1 is 0.731 bits per heavy atom. The topological polar surface area (TPSA) is 30.2 Å². The fraction of sp³-hybridized carbons (Fsp3) is 0.0455. The van der Waals surface area contributed by atoms with Gasteiger partial charge in [0.15, 0.2) is 0 Å². The largest absolute Gasteiger partial charge is 0.423 e. The van der Waals surface area contributed by atoms with Crippen LogP contribution in [0.1, 0.15) is 5.56 Å². The second kappa shape index (κ2) is 6.64. The van der Waals surface area contributed by atoms with Crippen molar-refractivity contribution >= 4 is 34.2 Å². The average molecular weight is 381 g/mol. The van der Waals surface area contributed by atoms with Crippen molar-refractivity contribution in [2.24, 2.45) is 0 Å². The summed E-state index contributed by atoms with van der Waals surface area (Å²) >= 11 is 12.1. The molecule has 0 unspecified atom stereocenters. The summed E-state index contributed by atoms with van der Waals surface area (Å²) < 4.78 is 5.44. The maximum atomic E-state index is 11.8. The fourth-order valence-corrected chi connectivity index (χ4v) is 3.35. The number of fused-ring (bicyclic) bond motifs is 1. The summed E-state index contributed by atoms with van der Waals surface area (Å²) in [6.07, 6.45) is 0. The van der Waals surface area contributed by atoms with E-state index in [2.05, 4.69) is 6.07 Å². The van der Waals surface area contributed by atoms with E-state index in [1.165, 1.54) is 6.07 Å². The molecule has 0 aliphatic carbocycles. The molecule has 26 heavy (non-hydrogen) atoms. The minimum Gasteiger partial charge on any atom is -0.423 e. The van der Waals surface area contributed by atoms with Crippen LogP contribution >= 0.6 is 23.2 Å². The van der Waals surface area contributed by atoms with E-state index in [9.17, 15) is 4.79 Å². The third-order valence-electron chi connectivity index (χ3n) is 4.40. The van der Waals surface area contributed by atoms with E-state index in [4.69, 9.17) is 27.6 Å². The van der Waals surface area contributed by atoms with Crippen LogP contribution < -0.4 is 5.63 Å². The fourth-order valence-electron chi connectivity index (χ4n) is 3.10. The molecule has 0 bridgehead atoms. The first-order valence-corrected chi connectivity index (χ1v) is 8.87. The molecule has 4 heteroatoms. The lowest BCUT2D eigenvalue weighted by molar-refractivity contribution is 0.560. The number of benzene rings is 3. The summed E-state index contributed by atoms with van der Waals surface area (Å²) in [5.74, 6) is 0. The summed E-state index contributed by atoms with van der Waals surface area (Å²) in [6.45, 7) is 1.91. The first-order valence-electron chi connectivity index (χ1n) is 8.12. The molecule has 2 nitrogen and oxygen atoms in total. The Bertz CT molecular complexity index is 1160. The smallest absolute Gasteiger partial charge is 0.336 e. The minimum atomic E-state index is -0.351. The van der Waals surface area contributed by atoms with Gasteiger partial charge in [0.1, 0.15) is 5.58 Å². The van der Waals surface area contributed by atoms with Crippen LogP contribution in [0.25, 0.3) is 33.2 Å². The zero-order valence-electron chi connectivity index (χ0n) is 13.9. The average Bonchev–Trinajstić information content (AvgIpc) is 2.62. The van der Waals surface area contributed by atoms with Crippen LogP contribution in [0.3, 0.4) is 0 Å². The minimum absolute atomic E-state index is 0.351. The van der Waals surface area contributed by atoms with Crippen molar-refractivity contribution in [2.75, 3.05) is 0 Å². The third kappa shape index (κ3) is 3.14. The van der Waals surface area contributed by atoms with Gasteiger partial charge in [-0.15, -0.1) is 0 Å². The molecule has 0 aliphatic rings. The van der Waals surface area contributed by atoms with E-state index in [1.807, 2.05) is 61.5 Å². The van der Waals surface area contributed by atoms with Gasteiger partial charge in [0, 0.05) is 21.5 Å². The summed E-state index contributed by atoms with van der Waals surface area (Å²) in [7, 11) is 0. The molecule has 4 rings (SSSR count). The van der Waals surface area contributed by atoms with E-state index >= 15 is 0 Å². The van der Waals surface area contributed by atoms with E-state index in [0.717, 1.165) is 33.2 Å². The second-order valence-corrected chi connectivity index (χ2v) is 7.03. The van der Waals surface area contributed by atoms with Gasteiger partial charge in [0.2, 0.25) is 0 Å². The highest BCUT2D eigenvalue weighted by atomic mass is 35.5. The quantitative estimate of drug-likeness (QED) is 0.360. The van der Waals surface area contributed by atoms with Crippen molar-refractivity contribution in [3.05, 3.63) is 92.8 Å². The molecule has 0 atom stereocenters. The van der Waals surface area contributed by atoms with Gasteiger partial charge in [-0.05, 0) is 71.1 Å². The molecule has 128 valence electrons. The molecule has 0 N–H and O–H groups in total. The summed E-state index contributed by atoms with van der Waals surface area (Å²) in [4.78, 5) is 11.8. The van der Waals surface area contributed by atoms with Crippen LogP contribution in [0, 0.1) is 6.92 Å². The molecule has 0 saturated heterocycles. The van der Waals surface area contributed by atoms with Crippen molar-refractivity contribution in [1.82, 2.24) is 0 Å². The van der Waals surface area contributed by atoms with Crippen molar-refractivity contribution < 1.29 is 4.42 Å². The van der Waals surface area contributed by atoms with Gasteiger partial charge in [-0.25, -0.2) is 4.79 Å². The Labute approximate surface area is 160 Å². The molecule has 0 radical (unpaired) electrons. The lowest BCUT2D eigenvalue weighted by Gasteiger charge is -2.13. The van der Waals surface area contributed by atoms with Gasteiger partial charge in [-0.3, -0.25) is 0 Å². The van der Waals surface area contributed by atoms with Crippen molar-refractivity contribution in [2.45, 2.75) is 6.92 Å². The molecule has 0 spiro atoms. The molecular formula is C22H14Cl2O2. The van der Waals surface area contributed by atoms with E-state index in [0.29, 0.717) is 15.6 Å². The monoisotopic (exact) mass is 380 g/mol. The Hall–Kier alpha value is -2.55. The lowest BCUT2D eigenvalue weighted by atomic mass is 9.92. The molecule has 4 aromatic rings. The van der Waals surface area contributed by atoms with Crippen LogP contribution in [-0.4, -0.2) is 0 Å². The maximum absolute atomic E-state index is 11.8. The van der Waals surface area contributed by atoms with Crippen LogP contribution in [0.2, 0.25) is 10.0 Å². The van der Waals surface area contributed by atoms with E-state index in [1.54, 1.807) is 0 Å². The normalized spacial score (nSPS) is 11.0. The SMILES string of the molecule is Cc1cc(=O)oc2cc(-c3ccc(Cl)cc3)c(-c3ccc(Cl)cc3)cc12. The van der Waals surface area contributed by atoms with Gasteiger partial charge in [0.05, 0.1) is 0 Å². The van der Waals surface area contributed by atoms with Crippen LogP contribution in [-0.2, 0) is 0 Å². The maximum Gasteiger partial charge on any atom is 0.336 e. The molecule has 0 fully saturated rings. The van der Waals surface area contributed by atoms with Gasteiger partial charge in [-0.1, -0.05) is 47.5 Å². The predicted octanol–water partition coefficient (Wildman–Crippen LogP) is 6.74. The van der Waals surface area contributed by atoms with Gasteiger partial charge in [0.25, 0.3) is 0 Å². The third-order valence-corrected chi connectivity index (χ3v) is 4.90. The Morgan fingerprint density at radius 2 is 1.23 bits per heavy atom. The number of rotatable bonds is 2.